The first-order valence-electron chi connectivity index (χ1n) is 9.97. The number of hydrogen-bond donors (Lipinski definition) is 0. The van der Waals surface area contributed by atoms with Gasteiger partial charge in [-0.3, -0.25) is 4.98 Å². The quantitative estimate of drug-likeness (QED) is 0.315. The molecule has 0 aliphatic heterocycles. The van der Waals surface area contributed by atoms with Gasteiger partial charge in [-0.05, 0) is 34.4 Å². The zero-order valence-electron chi connectivity index (χ0n) is 18.0. The molecule has 2 aromatic carbocycles. The Labute approximate surface area is 183 Å². The summed E-state index contributed by atoms with van der Waals surface area (Å²) in [5.41, 5.74) is 7.92. The molecule has 0 saturated heterocycles. The summed E-state index contributed by atoms with van der Waals surface area (Å²) in [4.78, 5) is 4.60. The Balaban J connectivity index is 0.00000280. The van der Waals surface area contributed by atoms with Crippen LogP contribution in [0.2, 0.25) is 0 Å². The molecule has 0 fully saturated rings. The van der Waals surface area contributed by atoms with Crippen molar-refractivity contribution in [2.24, 2.45) is 7.05 Å². The van der Waals surface area contributed by atoms with Crippen LogP contribution in [0.15, 0.2) is 42.7 Å². The second-order valence-corrected chi connectivity index (χ2v) is 8.36. The van der Waals surface area contributed by atoms with Crippen LogP contribution < -0.4 is 0 Å². The zero-order chi connectivity index (χ0) is 19.7. The maximum atomic E-state index is 4.60. The predicted octanol–water partition coefficient (Wildman–Crippen LogP) is 6.92. The predicted molar refractivity (Wildman–Crippen MR) is 115 cm³/mol. The number of rotatable bonds is 5. The van der Waals surface area contributed by atoms with Crippen molar-refractivity contribution in [1.29, 1.82) is 0 Å². The van der Waals surface area contributed by atoms with Crippen LogP contribution in [0.1, 0.15) is 76.0 Å². The van der Waals surface area contributed by atoms with E-state index in [0.29, 0.717) is 17.8 Å². The van der Waals surface area contributed by atoms with E-state index in [1.807, 2.05) is 25.5 Å². The Bertz CT molecular complexity index is 906. The number of aryl methyl sites for hydroxylation is 1. The molecule has 0 aliphatic carbocycles. The Morgan fingerprint density at radius 2 is 1.54 bits per heavy atom. The molecule has 1 radical (unpaired) electrons. The summed E-state index contributed by atoms with van der Waals surface area (Å²) < 4.78 is 2.07. The number of imidazole rings is 1. The fourth-order valence-corrected chi connectivity index (χ4v) is 3.70. The van der Waals surface area contributed by atoms with Crippen molar-refractivity contribution >= 4 is 0 Å². The fraction of sp³-hybridized carbons (Fsp3) is 0.400. The molecule has 3 rings (SSSR count). The number of aromatic nitrogens is 2. The van der Waals surface area contributed by atoms with Gasteiger partial charge in [-0.25, -0.2) is 0 Å². The normalized spacial score (nSPS) is 11.4. The summed E-state index contributed by atoms with van der Waals surface area (Å²) in [5.74, 6) is 2.38. The third-order valence-electron chi connectivity index (χ3n) is 5.30. The summed E-state index contributed by atoms with van der Waals surface area (Å²) >= 11 is 0. The number of hydrogen-bond acceptors (Lipinski definition) is 1. The van der Waals surface area contributed by atoms with E-state index in [4.69, 9.17) is 0 Å². The summed E-state index contributed by atoms with van der Waals surface area (Å²) in [6.45, 7) is 13.7. The maximum Gasteiger partial charge on any atom is 0.0561 e. The molecule has 0 bridgehead atoms. The summed E-state index contributed by atoms with van der Waals surface area (Å²) in [7, 11) is 2.04. The topological polar surface area (TPSA) is 17.8 Å². The summed E-state index contributed by atoms with van der Waals surface area (Å²) in [6, 6.07) is 14.6. The molecule has 3 heteroatoms. The number of nitrogens with zero attached hydrogens (tertiary/aromatic N) is 2. The van der Waals surface area contributed by atoms with Gasteiger partial charge in [0.15, 0.2) is 0 Å². The van der Waals surface area contributed by atoms with Gasteiger partial charge in [0.05, 0.1) is 5.82 Å². The fourth-order valence-electron chi connectivity index (χ4n) is 3.70. The summed E-state index contributed by atoms with van der Waals surface area (Å²) in [5, 5.41) is 0. The zero-order valence-corrected chi connectivity index (χ0v) is 20.4. The van der Waals surface area contributed by atoms with E-state index < -0.39 is 0 Å². The molecule has 0 amide bonds. The average molecular weight is 552 g/mol. The molecular weight excluding hydrogens is 521 g/mol. The largest absolute Gasteiger partial charge is 0.373 e. The molecule has 0 N–H and O–H groups in total. The van der Waals surface area contributed by atoms with Crippen LogP contribution in [0.5, 0.6) is 0 Å². The van der Waals surface area contributed by atoms with Crippen molar-refractivity contribution in [3.8, 4) is 22.5 Å². The molecule has 151 valence electrons. The maximum absolute atomic E-state index is 4.60. The van der Waals surface area contributed by atoms with Crippen molar-refractivity contribution in [1.82, 2.24) is 9.55 Å². The first-order chi connectivity index (χ1) is 12.8. The molecule has 1 heterocycles. The standard InChI is InChI=1S/C25H31N2.Ir/c1-16(2)19-14-22(17(3)4)24(23(15-19)18(5)6)20-10-8-9-11-21(20)25-26-12-13-27(25)7;/h8-10,12-18H,1-7H3;/q-1;. The van der Waals surface area contributed by atoms with E-state index in [1.165, 1.54) is 27.8 Å². The number of benzene rings is 2. The van der Waals surface area contributed by atoms with Crippen molar-refractivity contribution in [3.63, 3.8) is 0 Å². The first-order valence-corrected chi connectivity index (χ1v) is 9.97. The Kier molecular flexibility index (Phi) is 7.42. The Hall–Kier alpha value is -1.70. The van der Waals surface area contributed by atoms with Gasteiger partial charge >= 0.3 is 0 Å². The van der Waals surface area contributed by atoms with Crippen LogP contribution in [0.3, 0.4) is 0 Å². The van der Waals surface area contributed by atoms with E-state index in [1.54, 1.807) is 0 Å². The van der Waals surface area contributed by atoms with Crippen LogP contribution in [0.25, 0.3) is 22.5 Å². The molecule has 0 saturated carbocycles. The van der Waals surface area contributed by atoms with E-state index in [-0.39, 0.29) is 20.1 Å². The van der Waals surface area contributed by atoms with Crippen molar-refractivity contribution in [2.75, 3.05) is 0 Å². The van der Waals surface area contributed by atoms with E-state index >= 15 is 0 Å². The Morgan fingerprint density at radius 1 is 0.929 bits per heavy atom. The molecular formula is C25H31IrN2-. The van der Waals surface area contributed by atoms with Crippen LogP contribution in [-0.2, 0) is 27.2 Å². The van der Waals surface area contributed by atoms with Crippen LogP contribution in [-0.4, -0.2) is 9.55 Å². The van der Waals surface area contributed by atoms with Gasteiger partial charge < -0.3 is 4.57 Å². The second-order valence-electron chi connectivity index (χ2n) is 8.36. The van der Waals surface area contributed by atoms with Crippen molar-refractivity contribution in [3.05, 3.63) is 65.5 Å². The van der Waals surface area contributed by atoms with Crippen LogP contribution >= 0.6 is 0 Å². The molecule has 0 aliphatic rings. The average Bonchev–Trinajstić information content (AvgIpc) is 3.06. The van der Waals surface area contributed by atoms with E-state index in [0.717, 1.165) is 11.4 Å². The third-order valence-corrected chi connectivity index (χ3v) is 5.30. The van der Waals surface area contributed by atoms with Gasteiger partial charge in [0.2, 0.25) is 0 Å². The minimum absolute atomic E-state index is 0. The Morgan fingerprint density at radius 3 is 2.00 bits per heavy atom. The monoisotopic (exact) mass is 552 g/mol. The van der Waals surface area contributed by atoms with Crippen molar-refractivity contribution in [2.45, 2.75) is 59.3 Å². The molecule has 2 nitrogen and oxygen atoms in total. The molecule has 1 aromatic heterocycles. The van der Waals surface area contributed by atoms with Gasteiger partial charge in [-0.15, -0.1) is 29.8 Å². The van der Waals surface area contributed by atoms with Gasteiger partial charge in [0, 0.05) is 39.5 Å². The van der Waals surface area contributed by atoms with Gasteiger partial charge in [0.25, 0.3) is 0 Å². The second kappa shape index (κ2) is 9.20. The van der Waals surface area contributed by atoms with Crippen LogP contribution in [0.4, 0.5) is 0 Å². The van der Waals surface area contributed by atoms with E-state index in [2.05, 4.69) is 81.4 Å². The molecule has 0 unspecified atom stereocenters. The molecule has 0 atom stereocenters. The van der Waals surface area contributed by atoms with Gasteiger partial charge in [0.1, 0.15) is 0 Å². The SMILES string of the molecule is CC(C)c1cc(C(C)C)c(-c2ccc[c-]c2-c2nccn2C)c(C(C)C)c1.[Ir]. The van der Waals surface area contributed by atoms with Crippen LogP contribution in [0, 0.1) is 6.07 Å². The minimum atomic E-state index is 0. The molecule has 28 heavy (non-hydrogen) atoms. The smallest absolute Gasteiger partial charge is 0.0561 e. The minimum Gasteiger partial charge on any atom is -0.373 e. The molecule has 0 spiro atoms. The van der Waals surface area contributed by atoms with E-state index in [9.17, 15) is 0 Å². The summed E-state index contributed by atoms with van der Waals surface area (Å²) in [6.07, 6.45) is 3.85. The third kappa shape index (κ3) is 4.31. The van der Waals surface area contributed by atoms with Gasteiger partial charge in [-0.1, -0.05) is 64.8 Å². The first kappa shape index (κ1) is 22.6. The van der Waals surface area contributed by atoms with Crippen molar-refractivity contribution < 1.29 is 20.1 Å². The molecule has 3 aromatic rings. The van der Waals surface area contributed by atoms with Gasteiger partial charge in [-0.2, -0.15) is 0 Å².